The molecule has 2 aromatic heterocycles. The largest absolute Gasteiger partial charge is 0.605 e. The van der Waals surface area contributed by atoms with Crippen LogP contribution in [0.15, 0.2) is 18.6 Å². The van der Waals surface area contributed by atoms with Gasteiger partial charge in [-0.15, -0.1) is 0 Å². The first-order chi connectivity index (χ1) is 16.8. The highest BCUT2D eigenvalue weighted by atomic mass is 33.1. The highest BCUT2D eigenvalue weighted by molar-refractivity contribution is 8.72. The number of hydrogen-bond acceptors (Lipinski definition) is 8. The first-order valence-electron chi connectivity index (χ1n) is 12.3. The van der Waals surface area contributed by atoms with Crippen LogP contribution in [0, 0.1) is 5.92 Å². The topological polar surface area (TPSA) is 120 Å². The van der Waals surface area contributed by atoms with Crippen LogP contribution in [-0.2, 0) is 20.2 Å². The van der Waals surface area contributed by atoms with E-state index in [1.807, 2.05) is 13.1 Å². The minimum absolute atomic E-state index is 0.0289. The minimum atomic E-state index is -3.19. The number of nitrogens with one attached hydrogen (secondary N) is 1. The fourth-order valence-corrected chi connectivity index (χ4v) is 9.81. The van der Waals surface area contributed by atoms with Gasteiger partial charge in [-0.3, -0.25) is 9.36 Å². The molecule has 12 heteroatoms. The van der Waals surface area contributed by atoms with Gasteiger partial charge in [-0.1, -0.05) is 6.42 Å². The fourth-order valence-electron chi connectivity index (χ4n) is 5.12. The Labute approximate surface area is 214 Å². The van der Waals surface area contributed by atoms with Gasteiger partial charge in [0.2, 0.25) is 15.9 Å². The molecule has 0 bridgehead atoms. The molecule has 4 rings (SSSR count). The molecule has 2 aromatic rings. The number of unbranched alkanes of at least 4 members (excludes halogenated alkanes) is 1. The number of carbonyl (C=O) groups is 1. The molecule has 0 unspecified atom stereocenters. The van der Waals surface area contributed by atoms with Crippen molar-refractivity contribution < 1.29 is 17.8 Å². The van der Waals surface area contributed by atoms with Crippen molar-refractivity contribution in [3.63, 3.8) is 0 Å². The lowest BCUT2D eigenvalue weighted by Crippen LogP contribution is -2.38. The molecule has 0 amide bonds. The van der Waals surface area contributed by atoms with Gasteiger partial charge in [-0.25, -0.2) is 23.1 Å². The molecule has 0 radical (unpaired) electrons. The fraction of sp³-hybridized carbons (Fsp3) is 0.696. The Morgan fingerprint density at radius 1 is 1.26 bits per heavy atom. The first kappa shape index (κ1) is 26.7. The number of fused-ring (bicyclic) bond motifs is 1. The van der Waals surface area contributed by atoms with Gasteiger partial charge < -0.3 is 9.45 Å². The van der Waals surface area contributed by atoms with E-state index in [1.165, 1.54) is 13.4 Å². The Morgan fingerprint density at radius 3 is 2.71 bits per heavy atom. The molecule has 1 saturated heterocycles. The summed E-state index contributed by atoms with van der Waals surface area (Å²) in [7, 11) is 1.14. The predicted molar refractivity (Wildman–Crippen MR) is 143 cm³/mol. The quantitative estimate of drug-likeness (QED) is 0.276. The Hall–Kier alpha value is -1.34. The average Bonchev–Trinajstić information content (AvgIpc) is 3.47. The van der Waals surface area contributed by atoms with Crippen molar-refractivity contribution >= 4 is 53.8 Å². The second-order valence-corrected chi connectivity index (χ2v) is 15.1. The van der Waals surface area contributed by atoms with Crippen molar-refractivity contribution in [3.8, 4) is 0 Å². The van der Waals surface area contributed by atoms with Crippen molar-refractivity contribution in [2.75, 3.05) is 30.5 Å². The lowest BCUT2D eigenvalue weighted by Gasteiger charge is -2.35. The molecule has 1 aliphatic carbocycles. The Bertz CT molecular complexity index is 1120. The SMILES string of the molecule is CNS(=O)(=O)CC1CCC(N(C)c2ncnc3c2ccn3C(=O)CCCC[C@@H]2CC[S@+]([O-])S2)CC1. The van der Waals surface area contributed by atoms with Crippen LogP contribution in [0.2, 0.25) is 0 Å². The average molecular weight is 542 g/mol. The molecule has 1 N–H and O–H groups in total. The van der Waals surface area contributed by atoms with Crippen molar-refractivity contribution in [1.82, 2.24) is 19.3 Å². The summed E-state index contributed by atoms with van der Waals surface area (Å²) in [5, 5.41) is 1.32. The van der Waals surface area contributed by atoms with Crippen molar-refractivity contribution in [3.05, 3.63) is 18.6 Å². The Kier molecular flexibility index (Phi) is 9.01. The molecule has 0 aromatic carbocycles. The van der Waals surface area contributed by atoms with E-state index < -0.39 is 20.2 Å². The van der Waals surface area contributed by atoms with E-state index in [2.05, 4.69) is 19.6 Å². The number of carbonyl (C=O) groups excluding carboxylic acids is 1. The highest BCUT2D eigenvalue weighted by Crippen LogP contribution is 2.35. The summed E-state index contributed by atoms with van der Waals surface area (Å²) in [6.45, 7) is 0. The van der Waals surface area contributed by atoms with E-state index in [4.69, 9.17) is 0 Å². The van der Waals surface area contributed by atoms with Gasteiger partial charge in [0.25, 0.3) is 0 Å². The molecular weight excluding hydrogens is 506 g/mol. The third kappa shape index (κ3) is 6.71. The maximum absolute atomic E-state index is 12.9. The molecule has 0 spiro atoms. The van der Waals surface area contributed by atoms with E-state index in [9.17, 15) is 17.8 Å². The van der Waals surface area contributed by atoms with Crippen LogP contribution in [-0.4, -0.2) is 70.3 Å². The molecule has 3 heterocycles. The third-order valence-corrected chi connectivity index (χ3v) is 12.2. The van der Waals surface area contributed by atoms with Crippen LogP contribution in [0.4, 0.5) is 5.82 Å². The zero-order chi connectivity index (χ0) is 25.0. The van der Waals surface area contributed by atoms with Crippen LogP contribution in [0.3, 0.4) is 0 Å². The number of sulfonamides is 1. The van der Waals surface area contributed by atoms with E-state index >= 15 is 0 Å². The van der Waals surface area contributed by atoms with Crippen LogP contribution in [0.1, 0.15) is 62.6 Å². The number of hydrogen-bond donors (Lipinski definition) is 1. The molecule has 2 fully saturated rings. The van der Waals surface area contributed by atoms with Gasteiger partial charge in [0.05, 0.1) is 27.2 Å². The second-order valence-electron chi connectivity index (χ2n) is 9.55. The first-order valence-corrected chi connectivity index (χ1v) is 16.7. The van der Waals surface area contributed by atoms with E-state index in [0.29, 0.717) is 17.3 Å². The van der Waals surface area contributed by atoms with Crippen molar-refractivity contribution in [1.29, 1.82) is 0 Å². The van der Waals surface area contributed by atoms with Crippen LogP contribution in [0.5, 0.6) is 0 Å². The van der Waals surface area contributed by atoms with E-state index in [1.54, 1.807) is 21.6 Å². The standard InChI is InChI=1S/C23H35N5O4S3/c1-24-35(31,32)15-17-7-9-18(10-8-17)27(2)22-20-11-13-28(23(20)26-16-25-22)21(29)6-4-3-5-19-12-14-34(30)33-19/h11,13,16-19,24H,3-10,12,14-15H2,1-2H3/t17?,18?,19-,34-/m1/s1. The monoisotopic (exact) mass is 541 g/mol. The van der Waals surface area contributed by atoms with Gasteiger partial charge in [0.1, 0.15) is 17.9 Å². The number of rotatable bonds is 10. The molecule has 194 valence electrons. The maximum atomic E-state index is 12.9. The van der Waals surface area contributed by atoms with Crippen LogP contribution in [0.25, 0.3) is 11.0 Å². The van der Waals surface area contributed by atoms with Gasteiger partial charge in [-0.2, -0.15) is 0 Å². The molecule has 35 heavy (non-hydrogen) atoms. The molecule has 2 atom stereocenters. The summed E-state index contributed by atoms with van der Waals surface area (Å²) in [6, 6.07) is 2.18. The minimum Gasteiger partial charge on any atom is -0.605 e. The predicted octanol–water partition coefficient (Wildman–Crippen LogP) is 3.35. The molecular formula is C23H35N5O4S3. The Balaban J connectivity index is 1.34. The van der Waals surface area contributed by atoms with Crippen LogP contribution < -0.4 is 9.62 Å². The van der Waals surface area contributed by atoms with E-state index in [-0.39, 0.29) is 23.6 Å². The summed E-state index contributed by atoms with van der Waals surface area (Å²) in [5.74, 6) is 1.98. The molecule has 1 saturated carbocycles. The van der Waals surface area contributed by atoms with Crippen molar-refractivity contribution in [2.45, 2.75) is 69.1 Å². The van der Waals surface area contributed by atoms with Crippen molar-refractivity contribution in [2.24, 2.45) is 5.92 Å². The van der Waals surface area contributed by atoms with E-state index in [0.717, 1.165) is 68.3 Å². The zero-order valence-electron chi connectivity index (χ0n) is 20.4. The number of anilines is 1. The molecule has 2 aliphatic rings. The lowest BCUT2D eigenvalue weighted by atomic mass is 9.86. The normalized spacial score (nSPS) is 25.2. The van der Waals surface area contributed by atoms with Gasteiger partial charge in [-0.05, 0) is 57.6 Å². The summed E-state index contributed by atoms with van der Waals surface area (Å²) >= 11 is 0. The summed E-state index contributed by atoms with van der Waals surface area (Å²) in [4.78, 5) is 24.0. The maximum Gasteiger partial charge on any atom is 0.232 e. The van der Waals surface area contributed by atoms with Gasteiger partial charge in [0, 0.05) is 42.3 Å². The smallest absolute Gasteiger partial charge is 0.232 e. The lowest BCUT2D eigenvalue weighted by molar-refractivity contribution is 0.0903. The Morgan fingerprint density at radius 2 is 2.03 bits per heavy atom. The number of aromatic nitrogens is 3. The van der Waals surface area contributed by atoms with Crippen LogP contribution >= 0.6 is 10.8 Å². The zero-order valence-corrected chi connectivity index (χ0v) is 22.8. The number of nitrogens with zero attached hydrogens (tertiary/aromatic N) is 4. The summed E-state index contributed by atoms with van der Waals surface area (Å²) < 4.78 is 39.3. The summed E-state index contributed by atoms with van der Waals surface area (Å²) in [5.41, 5.74) is 0.627. The highest BCUT2D eigenvalue weighted by Gasteiger charge is 2.29. The molecule has 9 nitrogen and oxygen atoms in total. The molecule has 1 aliphatic heterocycles. The third-order valence-electron chi connectivity index (χ3n) is 7.21. The van der Waals surface area contributed by atoms with Gasteiger partial charge in [0.15, 0.2) is 5.65 Å². The second kappa shape index (κ2) is 11.8. The summed E-state index contributed by atoms with van der Waals surface area (Å²) in [6.07, 6.45) is 11.1. The van der Waals surface area contributed by atoms with Gasteiger partial charge >= 0.3 is 0 Å².